The molecule has 11 heteroatoms. The van der Waals surface area contributed by atoms with Gasteiger partial charge in [-0.25, -0.2) is 8.42 Å². The molecule has 0 unspecified atom stereocenters. The molecule has 160 valence electrons. The van der Waals surface area contributed by atoms with Gasteiger partial charge in [-0.1, -0.05) is 41.4 Å². The molecule has 0 atom stereocenters. The van der Waals surface area contributed by atoms with Crippen molar-refractivity contribution in [1.29, 1.82) is 0 Å². The number of halogens is 2. The van der Waals surface area contributed by atoms with Crippen LogP contribution in [-0.2, 0) is 10.0 Å². The van der Waals surface area contributed by atoms with E-state index in [2.05, 4.69) is 20.0 Å². The van der Waals surface area contributed by atoms with E-state index in [0.29, 0.717) is 22.9 Å². The molecule has 3 heterocycles. The molecule has 7 nitrogen and oxygen atoms in total. The van der Waals surface area contributed by atoms with Gasteiger partial charge in [0.1, 0.15) is 4.90 Å². The number of thiophene rings is 1. The molecule has 0 spiro atoms. The third-order valence-electron chi connectivity index (χ3n) is 4.62. The molecule has 0 radical (unpaired) electrons. The largest absolute Gasteiger partial charge is 0.280 e. The number of fused-ring (bicyclic) bond motifs is 1. The third kappa shape index (κ3) is 3.95. The predicted octanol–water partition coefficient (Wildman–Crippen LogP) is 5.63. The first-order chi connectivity index (χ1) is 15.4. The number of hydrogen-bond acceptors (Lipinski definition) is 6. The van der Waals surface area contributed by atoms with Crippen LogP contribution in [-0.4, -0.2) is 28.2 Å². The molecular weight excluding hydrogens is 489 g/mol. The lowest BCUT2D eigenvalue weighted by atomic mass is 10.1. The maximum absolute atomic E-state index is 12.7. The molecule has 3 aromatic heterocycles. The van der Waals surface area contributed by atoms with Gasteiger partial charge in [0.05, 0.1) is 15.6 Å². The minimum absolute atomic E-state index is 0.0865. The molecule has 0 aliphatic rings. The standard InChI is InChI=1S/C21H13Cl2N5O2S2/c22-14-5-8-16(23)19(12-14)32(29,30)27-15-6-3-13(4-7-15)17-9-10-20-24-25-21(28(20)26-17)18-2-1-11-31-18/h1-12,27H. The Morgan fingerprint density at radius 2 is 1.75 bits per heavy atom. The molecule has 0 fully saturated rings. The van der Waals surface area contributed by atoms with Crippen LogP contribution < -0.4 is 4.72 Å². The normalized spacial score (nSPS) is 11.7. The summed E-state index contributed by atoms with van der Waals surface area (Å²) in [4.78, 5) is 0.878. The zero-order valence-electron chi connectivity index (χ0n) is 16.1. The molecule has 1 N–H and O–H groups in total. The Kier molecular flexibility index (Phi) is 5.34. The molecule has 32 heavy (non-hydrogen) atoms. The van der Waals surface area contributed by atoms with E-state index in [1.165, 1.54) is 18.2 Å². The second kappa shape index (κ2) is 8.18. The minimum atomic E-state index is -3.90. The van der Waals surface area contributed by atoms with Crippen LogP contribution in [0.15, 0.2) is 77.0 Å². The highest BCUT2D eigenvalue weighted by Crippen LogP contribution is 2.28. The van der Waals surface area contributed by atoms with Crippen molar-refractivity contribution in [2.24, 2.45) is 0 Å². The number of nitrogens with zero attached hydrogens (tertiary/aromatic N) is 4. The van der Waals surface area contributed by atoms with Gasteiger partial charge in [0.2, 0.25) is 0 Å². The van der Waals surface area contributed by atoms with E-state index >= 15 is 0 Å². The number of sulfonamides is 1. The fraction of sp³-hybridized carbons (Fsp3) is 0. The number of nitrogens with one attached hydrogen (secondary N) is 1. The van der Waals surface area contributed by atoms with Crippen LogP contribution in [0.4, 0.5) is 5.69 Å². The zero-order valence-corrected chi connectivity index (χ0v) is 19.3. The fourth-order valence-electron chi connectivity index (χ4n) is 3.10. The van der Waals surface area contributed by atoms with Gasteiger partial charge in [-0.3, -0.25) is 4.72 Å². The van der Waals surface area contributed by atoms with Gasteiger partial charge in [0, 0.05) is 16.3 Å². The SMILES string of the molecule is O=S(=O)(Nc1ccc(-c2ccc3nnc(-c4cccs4)n3n2)cc1)c1cc(Cl)ccc1Cl. The lowest BCUT2D eigenvalue weighted by molar-refractivity contribution is 0.601. The lowest BCUT2D eigenvalue weighted by Gasteiger charge is -2.10. The summed E-state index contributed by atoms with van der Waals surface area (Å²) < 4.78 is 29.6. The molecule has 0 saturated carbocycles. The number of aromatic nitrogens is 4. The van der Waals surface area contributed by atoms with Crippen molar-refractivity contribution < 1.29 is 8.42 Å². The van der Waals surface area contributed by atoms with Crippen LogP contribution in [0.25, 0.3) is 27.6 Å². The van der Waals surface area contributed by atoms with E-state index in [0.717, 1.165) is 10.4 Å². The molecule has 5 rings (SSSR count). The van der Waals surface area contributed by atoms with Gasteiger partial charge in [0.15, 0.2) is 11.5 Å². The van der Waals surface area contributed by atoms with Crippen molar-refractivity contribution in [1.82, 2.24) is 19.8 Å². The average Bonchev–Trinajstić information content (AvgIpc) is 3.45. The maximum atomic E-state index is 12.7. The predicted molar refractivity (Wildman–Crippen MR) is 127 cm³/mol. The molecule has 2 aromatic carbocycles. The van der Waals surface area contributed by atoms with Gasteiger partial charge in [-0.2, -0.15) is 9.61 Å². The van der Waals surface area contributed by atoms with Crippen molar-refractivity contribution in [3.8, 4) is 22.0 Å². The second-order valence-electron chi connectivity index (χ2n) is 6.75. The Balaban J connectivity index is 1.44. The number of anilines is 1. The Labute approximate surface area is 197 Å². The fourth-order valence-corrected chi connectivity index (χ4v) is 5.62. The van der Waals surface area contributed by atoms with Crippen molar-refractivity contribution in [3.63, 3.8) is 0 Å². The second-order valence-corrected chi connectivity index (χ2v) is 10.2. The van der Waals surface area contributed by atoms with E-state index in [1.54, 1.807) is 40.1 Å². The Bertz CT molecular complexity index is 1530. The van der Waals surface area contributed by atoms with Gasteiger partial charge in [-0.15, -0.1) is 21.5 Å². The van der Waals surface area contributed by atoms with Crippen molar-refractivity contribution in [2.45, 2.75) is 4.90 Å². The molecule has 0 bridgehead atoms. The summed E-state index contributed by atoms with van der Waals surface area (Å²) in [6.07, 6.45) is 0. The molecule has 0 saturated heterocycles. The first kappa shape index (κ1) is 20.9. The van der Waals surface area contributed by atoms with Gasteiger partial charge in [-0.05, 0) is 53.9 Å². The molecule has 0 aliphatic heterocycles. The molecule has 5 aromatic rings. The van der Waals surface area contributed by atoms with Crippen molar-refractivity contribution in [3.05, 3.63) is 82.2 Å². The molecule has 0 aliphatic carbocycles. The van der Waals surface area contributed by atoms with Gasteiger partial charge < -0.3 is 0 Å². The van der Waals surface area contributed by atoms with Crippen molar-refractivity contribution >= 4 is 55.9 Å². The summed E-state index contributed by atoms with van der Waals surface area (Å²) in [5, 5.41) is 15.4. The monoisotopic (exact) mass is 501 g/mol. The van der Waals surface area contributed by atoms with Crippen LogP contribution in [0.1, 0.15) is 0 Å². The van der Waals surface area contributed by atoms with E-state index in [4.69, 9.17) is 23.2 Å². The topological polar surface area (TPSA) is 89.2 Å². The van der Waals surface area contributed by atoms with Gasteiger partial charge in [0.25, 0.3) is 10.0 Å². The summed E-state index contributed by atoms with van der Waals surface area (Å²) >= 11 is 13.5. The van der Waals surface area contributed by atoms with Crippen LogP contribution in [0.5, 0.6) is 0 Å². The van der Waals surface area contributed by atoms with E-state index in [-0.39, 0.29) is 14.9 Å². The average molecular weight is 502 g/mol. The third-order valence-corrected chi connectivity index (χ3v) is 7.58. The highest BCUT2D eigenvalue weighted by atomic mass is 35.5. The quantitative estimate of drug-likeness (QED) is 0.337. The highest BCUT2D eigenvalue weighted by molar-refractivity contribution is 7.92. The number of rotatable bonds is 5. The summed E-state index contributed by atoms with van der Waals surface area (Å²) in [6, 6.07) is 18.7. The highest BCUT2D eigenvalue weighted by Gasteiger charge is 2.19. The van der Waals surface area contributed by atoms with Crippen LogP contribution in [0.3, 0.4) is 0 Å². The van der Waals surface area contributed by atoms with Crippen LogP contribution in [0, 0.1) is 0 Å². The molecular formula is C21H13Cl2N5O2S2. The summed E-state index contributed by atoms with van der Waals surface area (Å²) in [5.41, 5.74) is 2.53. The number of hydrogen-bond donors (Lipinski definition) is 1. The summed E-state index contributed by atoms with van der Waals surface area (Å²) in [6.45, 7) is 0. The Hall–Kier alpha value is -2.98. The maximum Gasteiger partial charge on any atom is 0.263 e. The van der Waals surface area contributed by atoms with Gasteiger partial charge >= 0.3 is 0 Å². The zero-order chi connectivity index (χ0) is 22.3. The smallest absolute Gasteiger partial charge is 0.263 e. The summed E-state index contributed by atoms with van der Waals surface area (Å²) in [5.74, 6) is 0.666. The Morgan fingerprint density at radius 3 is 2.50 bits per heavy atom. The first-order valence-electron chi connectivity index (χ1n) is 9.25. The summed E-state index contributed by atoms with van der Waals surface area (Å²) in [7, 11) is -3.90. The van der Waals surface area contributed by atoms with Crippen LogP contribution in [0.2, 0.25) is 10.0 Å². The van der Waals surface area contributed by atoms with E-state index in [9.17, 15) is 8.42 Å². The molecule has 0 amide bonds. The van der Waals surface area contributed by atoms with Crippen LogP contribution >= 0.6 is 34.5 Å². The number of benzene rings is 2. The lowest BCUT2D eigenvalue weighted by Crippen LogP contribution is -2.13. The first-order valence-corrected chi connectivity index (χ1v) is 12.4. The Morgan fingerprint density at radius 1 is 0.938 bits per heavy atom. The van der Waals surface area contributed by atoms with E-state index in [1.807, 2.05) is 29.6 Å². The van der Waals surface area contributed by atoms with Crippen molar-refractivity contribution in [2.75, 3.05) is 4.72 Å². The minimum Gasteiger partial charge on any atom is -0.280 e. The van der Waals surface area contributed by atoms with E-state index < -0.39 is 10.0 Å².